The third-order valence-electron chi connectivity index (χ3n) is 8.06. The summed E-state index contributed by atoms with van der Waals surface area (Å²) < 4.78 is -1.12. The van der Waals surface area contributed by atoms with Crippen molar-refractivity contribution in [2.24, 2.45) is 11.8 Å². The second kappa shape index (κ2) is 10.3. The number of aliphatic hydroxyl groups excluding tert-OH is 1. The van der Waals surface area contributed by atoms with Gasteiger partial charge in [0, 0.05) is 24.4 Å². The molecule has 3 heterocycles. The Kier molecular flexibility index (Phi) is 7.27. The van der Waals surface area contributed by atoms with E-state index in [1.165, 1.54) is 0 Å². The number of hydrogen-bond acceptors (Lipinski definition) is 5. The average molecular weight is 542 g/mol. The molecule has 0 radical (unpaired) electrons. The van der Waals surface area contributed by atoms with Gasteiger partial charge in [0.15, 0.2) is 0 Å². The summed E-state index contributed by atoms with van der Waals surface area (Å²) >= 11 is 7.96. The van der Waals surface area contributed by atoms with Crippen LogP contribution in [-0.2, 0) is 20.9 Å². The highest BCUT2D eigenvalue weighted by Crippen LogP contribution is 2.71. The number of halogens is 1. The van der Waals surface area contributed by atoms with Crippen molar-refractivity contribution in [3.63, 3.8) is 0 Å². The van der Waals surface area contributed by atoms with Crippen LogP contribution in [0, 0.1) is 11.8 Å². The summed E-state index contributed by atoms with van der Waals surface area (Å²) in [5, 5.41) is 15.8. The summed E-state index contributed by atoms with van der Waals surface area (Å²) in [4.78, 5) is 43.1. The first-order chi connectivity index (χ1) is 17.8. The number of unbranched alkanes of at least 4 members (excludes halogenated alkanes) is 1. The number of anilines is 1. The molecule has 0 aromatic heterocycles. The van der Waals surface area contributed by atoms with Crippen molar-refractivity contribution in [2.45, 2.75) is 54.7 Å². The number of rotatable bonds is 9. The number of para-hydroxylation sites is 1. The van der Waals surface area contributed by atoms with Crippen molar-refractivity contribution in [2.75, 3.05) is 18.5 Å². The van der Waals surface area contributed by atoms with Gasteiger partial charge in [0.05, 0.1) is 27.3 Å². The first kappa shape index (κ1) is 26.1. The van der Waals surface area contributed by atoms with Gasteiger partial charge in [-0.2, -0.15) is 0 Å². The zero-order chi connectivity index (χ0) is 26.2. The lowest BCUT2D eigenvalue weighted by Gasteiger charge is -2.35. The van der Waals surface area contributed by atoms with E-state index in [-0.39, 0.29) is 24.3 Å². The molecule has 2 bridgehead atoms. The minimum absolute atomic E-state index is 0.0183. The maximum atomic E-state index is 14.0. The van der Waals surface area contributed by atoms with Gasteiger partial charge in [0.2, 0.25) is 17.7 Å². The Bertz CT molecular complexity index is 1200. The van der Waals surface area contributed by atoms with Gasteiger partial charge in [0.1, 0.15) is 6.04 Å². The highest BCUT2D eigenvalue weighted by Gasteiger charge is 2.77. The topological polar surface area (TPSA) is 98.7 Å². The third-order valence-corrected chi connectivity index (χ3v) is 10.4. The molecular formula is C28H32ClN3O4S. The van der Waals surface area contributed by atoms with Crippen LogP contribution in [0.15, 0.2) is 54.6 Å². The first-order valence-electron chi connectivity index (χ1n) is 12.8. The minimum Gasteiger partial charge on any atom is -0.396 e. The molecule has 196 valence electrons. The number of amides is 3. The zero-order valence-electron chi connectivity index (χ0n) is 20.8. The van der Waals surface area contributed by atoms with Crippen LogP contribution in [0.2, 0.25) is 5.02 Å². The molecule has 3 fully saturated rings. The molecule has 0 saturated carbocycles. The Morgan fingerprint density at radius 1 is 1.08 bits per heavy atom. The number of likely N-dealkylation sites (tertiary alicyclic amines) is 1. The van der Waals surface area contributed by atoms with Crippen molar-refractivity contribution < 1.29 is 19.5 Å². The average Bonchev–Trinajstić information content (AvgIpc) is 3.45. The second-order valence-corrected chi connectivity index (χ2v) is 12.7. The number of nitrogens with one attached hydrogen (secondary N) is 2. The highest BCUT2D eigenvalue weighted by atomic mass is 35.5. The standard InChI is InChI=1S/C28H32ClN3O4S/c1-27-13-14-28(37-27)22(21(27)24(34)30-17-18-9-3-2-4-10-18)26(36)32(15-7-8-16-33)23(28)25(35)31-20-12-6-5-11-19(20)29/h2-6,9-12,21-23,33H,7-8,13-17H2,1H3,(H,30,34)(H,31,35)/t21-,22-,23?,27+,28?/m0/s1. The van der Waals surface area contributed by atoms with Crippen molar-refractivity contribution in [3.8, 4) is 0 Å². The molecule has 0 aliphatic carbocycles. The number of aliphatic hydroxyl groups is 1. The Balaban J connectivity index is 1.45. The van der Waals surface area contributed by atoms with E-state index in [4.69, 9.17) is 11.6 Å². The molecule has 3 N–H and O–H groups in total. The fraction of sp³-hybridized carbons (Fsp3) is 0.464. The van der Waals surface area contributed by atoms with E-state index in [2.05, 4.69) is 17.6 Å². The van der Waals surface area contributed by atoms with Gasteiger partial charge in [-0.15, -0.1) is 11.8 Å². The molecule has 9 heteroatoms. The minimum atomic E-state index is -0.723. The Morgan fingerprint density at radius 3 is 2.54 bits per heavy atom. The van der Waals surface area contributed by atoms with Crippen molar-refractivity contribution in [1.82, 2.24) is 10.2 Å². The predicted octanol–water partition coefficient (Wildman–Crippen LogP) is 3.85. The fourth-order valence-electron chi connectivity index (χ4n) is 6.42. The number of carbonyl (C=O) groups is 3. The summed E-state index contributed by atoms with van der Waals surface area (Å²) in [7, 11) is 0. The Morgan fingerprint density at radius 2 is 1.81 bits per heavy atom. The summed E-state index contributed by atoms with van der Waals surface area (Å²) in [6.07, 6.45) is 2.55. The molecule has 2 unspecified atom stereocenters. The number of benzene rings is 2. The van der Waals surface area contributed by atoms with Crippen LogP contribution >= 0.6 is 23.4 Å². The maximum absolute atomic E-state index is 14.0. The van der Waals surface area contributed by atoms with Crippen molar-refractivity contribution in [1.29, 1.82) is 0 Å². The van der Waals surface area contributed by atoms with Crippen LogP contribution in [0.1, 0.15) is 38.2 Å². The maximum Gasteiger partial charge on any atom is 0.248 e. The van der Waals surface area contributed by atoms with Gasteiger partial charge in [-0.25, -0.2) is 0 Å². The van der Waals surface area contributed by atoms with Crippen LogP contribution in [0.3, 0.4) is 0 Å². The number of fused-ring (bicyclic) bond motifs is 1. The number of nitrogens with zero attached hydrogens (tertiary/aromatic N) is 1. The molecule has 3 aliphatic heterocycles. The zero-order valence-corrected chi connectivity index (χ0v) is 22.4. The van der Waals surface area contributed by atoms with Crippen molar-refractivity contribution >= 4 is 46.8 Å². The molecule has 2 aromatic rings. The van der Waals surface area contributed by atoms with E-state index >= 15 is 0 Å². The SMILES string of the molecule is C[C@]12CCC3(S1)C(C(=O)Nc1ccccc1Cl)N(CCCCO)C(=O)[C@@H]3[C@H]2C(=O)NCc1ccccc1. The van der Waals surface area contributed by atoms with Crippen molar-refractivity contribution in [3.05, 3.63) is 65.2 Å². The fourth-order valence-corrected chi connectivity index (χ4v) is 8.96. The Labute approximate surface area is 226 Å². The molecule has 5 rings (SSSR count). The number of carbonyl (C=O) groups excluding carboxylic acids is 3. The molecular weight excluding hydrogens is 510 g/mol. The largest absolute Gasteiger partial charge is 0.396 e. The molecule has 1 spiro atoms. The summed E-state index contributed by atoms with van der Waals surface area (Å²) in [5.41, 5.74) is 1.49. The summed E-state index contributed by atoms with van der Waals surface area (Å²) in [6, 6.07) is 16.0. The predicted molar refractivity (Wildman–Crippen MR) is 145 cm³/mol. The molecule has 5 atom stereocenters. The lowest BCUT2D eigenvalue weighted by Crippen LogP contribution is -2.52. The van der Waals surface area contributed by atoms with Gasteiger partial charge >= 0.3 is 0 Å². The molecule has 37 heavy (non-hydrogen) atoms. The summed E-state index contributed by atoms with van der Waals surface area (Å²) in [5.74, 6) is -1.67. The molecule has 3 saturated heterocycles. The number of thioether (sulfide) groups is 1. The first-order valence-corrected chi connectivity index (χ1v) is 14.0. The van der Waals surface area contributed by atoms with E-state index in [1.54, 1.807) is 40.9 Å². The van der Waals surface area contributed by atoms with E-state index in [0.717, 1.165) is 12.0 Å². The normalized spacial score (nSPS) is 29.9. The smallest absolute Gasteiger partial charge is 0.248 e. The van der Waals surface area contributed by atoms with Gasteiger partial charge in [-0.3, -0.25) is 14.4 Å². The number of hydrogen-bond donors (Lipinski definition) is 3. The van der Waals surface area contributed by atoms with Crippen LogP contribution in [0.5, 0.6) is 0 Å². The van der Waals surface area contributed by atoms with Gasteiger partial charge < -0.3 is 20.6 Å². The highest BCUT2D eigenvalue weighted by molar-refractivity contribution is 8.02. The van der Waals surface area contributed by atoms with Gasteiger partial charge in [0.25, 0.3) is 0 Å². The van der Waals surface area contributed by atoms with E-state index in [1.807, 2.05) is 30.3 Å². The van der Waals surface area contributed by atoms with Crippen LogP contribution in [0.4, 0.5) is 5.69 Å². The molecule has 7 nitrogen and oxygen atoms in total. The monoisotopic (exact) mass is 541 g/mol. The second-order valence-electron chi connectivity index (χ2n) is 10.4. The molecule has 3 amide bonds. The quantitative estimate of drug-likeness (QED) is 0.419. The van der Waals surface area contributed by atoms with E-state index in [0.29, 0.717) is 43.1 Å². The van der Waals surface area contributed by atoms with E-state index in [9.17, 15) is 19.5 Å². The van der Waals surface area contributed by atoms with E-state index < -0.39 is 27.4 Å². The van der Waals surface area contributed by atoms with Gasteiger partial charge in [-0.1, -0.05) is 54.1 Å². The Hall–Kier alpha value is -2.55. The lowest BCUT2D eigenvalue weighted by atomic mass is 9.66. The molecule has 2 aromatic carbocycles. The van der Waals surface area contributed by atoms with Crippen LogP contribution in [-0.4, -0.2) is 56.4 Å². The summed E-state index contributed by atoms with van der Waals surface area (Å²) in [6.45, 7) is 2.82. The van der Waals surface area contributed by atoms with Gasteiger partial charge in [-0.05, 0) is 50.3 Å². The molecule has 3 aliphatic rings. The third kappa shape index (κ3) is 4.53. The van der Waals surface area contributed by atoms with Crippen LogP contribution < -0.4 is 10.6 Å². The lowest BCUT2D eigenvalue weighted by molar-refractivity contribution is -0.140. The van der Waals surface area contributed by atoms with Crippen LogP contribution in [0.25, 0.3) is 0 Å².